The van der Waals surface area contributed by atoms with Gasteiger partial charge in [-0.05, 0) is 44.2 Å². The van der Waals surface area contributed by atoms with Crippen LogP contribution in [0.5, 0.6) is 0 Å². The Kier molecular flexibility index (Phi) is 3.06. The lowest BCUT2D eigenvalue weighted by Gasteiger charge is -2.24. The van der Waals surface area contributed by atoms with Crippen LogP contribution in [-0.4, -0.2) is 0 Å². The summed E-state index contributed by atoms with van der Waals surface area (Å²) in [7, 11) is 0. The van der Waals surface area contributed by atoms with E-state index in [2.05, 4.69) is 84.4 Å². The lowest BCUT2D eigenvalue weighted by atomic mass is 9.80. The second kappa shape index (κ2) is 4.47. The van der Waals surface area contributed by atoms with Gasteiger partial charge in [0, 0.05) is 6.42 Å². The van der Waals surface area contributed by atoms with E-state index in [9.17, 15) is 0 Å². The predicted molar refractivity (Wildman–Crippen MR) is 91.8 cm³/mol. The molecule has 0 N–H and O–H groups in total. The fourth-order valence-electron chi connectivity index (χ4n) is 3.36. The highest BCUT2D eigenvalue weighted by Gasteiger charge is 2.30. The highest BCUT2D eigenvalue weighted by molar-refractivity contribution is 5.85. The second-order valence-electron chi connectivity index (χ2n) is 8.18. The third-order valence-electron chi connectivity index (χ3n) is 4.39. The lowest BCUT2D eigenvalue weighted by Crippen LogP contribution is -2.14. The fourth-order valence-corrected chi connectivity index (χ4v) is 3.36. The Labute approximate surface area is 129 Å². The van der Waals surface area contributed by atoms with E-state index in [1.54, 1.807) is 0 Å². The minimum atomic E-state index is 0.165. The van der Waals surface area contributed by atoms with Gasteiger partial charge in [-0.2, -0.15) is 0 Å². The molecule has 1 aliphatic carbocycles. The standard InChI is InChI=1S/C21H25/c1-20(2,3)17-11-8-10-15-16(17)13-14-9-7-12-18(19(14)15)21(4,5)6/h7-13H,1-6H3. The molecule has 0 atom stereocenters. The van der Waals surface area contributed by atoms with Crippen LogP contribution in [0.1, 0.15) is 63.8 Å². The van der Waals surface area contributed by atoms with Crippen molar-refractivity contribution < 1.29 is 0 Å². The molecule has 1 aliphatic rings. The molecule has 0 amide bonds. The van der Waals surface area contributed by atoms with E-state index < -0.39 is 0 Å². The number of rotatable bonds is 0. The Hall–Kier alpha value is -1.56. The summed E-state index contributed by atoms with van der Waals surface area (Å²) in [4.78, 5) is 0. The van der Waals surface area contributed by atoms with Crippen LogP contribution in [0, 0.1) is 6.42 Å². The Morgan fingerprint density at radius 1 is 0.667 bits per heavy atom. The first-order valence-corrected chi connectivity index (χ1v) is 7.82. The van der Waals surface area contributed by atoms with E-state index in [4.69, 9.17) is 0 Å². The average Bonchev–Trinajstić information content (AvgIpc) is 2.74. The highest BCUT2D eigenvalue weighted by Crippen LogP contribution is 2.46. The van der Waals surface area contributed by atoms with Gasteiger partial charge in [-0.3, -0.25) is 0 Å². The summed E-state index contributed by atoms with van der Waals surface area (Å²) >= 11 is 0. The summed E-state index contributed by atoms with van der Waals surface area (Å²) in [5.41, 5.74) is 8.85. The van der Waals surface area contributed by atoms with Gasteiger partial charge in [0.2, 0.25) is 0 Å². The largest absolute Gasteiger partial charge is 0.0616 e. The summed E-state index contributed by atoms with van der Waals surface area (Å²) in [5, 5.41) is 0. The molecule has 0 unspecified atom stereocenters. The predicted octanol–water partition coefficient (Wildman–Crippen LogP) is 5.86. The number of benzene rings is 2. The SMILES string of the molecule is CC(C)(C)c1cccc2c1[CH]c1cccc(C(C)(C)C)c1-2. The van der Waals surface area contributed by atoms with Crippen LogP contribution in [0.4, 0.5) is 0 Å². The van der Waals surface area contributed by atoms with E-state index >= 15 is 0 Å². The molecule has 0 aliphatic heterocycles. The zero-order chi connectivity index (χ0) is 15.4. The molecular weight excluding hydrogens is 252 g/mol. The first-order chi connectivity index (χ1) is 9.69. The third kappa shape index (κ3) is 2.31. The molecule has 0 spiro atoms. The molecule has 0 aromatic heterocycles. The number of hydrogen-bond donors (Lipinski definition) is 0. The zero-order valence-electron chi connectivity index (χ0n) is 14.0. The Morgan fingerprint density at radius 3 is 1.86 bits per heavy atom. The minimum Gasteiger partial charge on any atom is -0.0616 e. The van der Waals surface area contributed by atoms with Crippen LogP contribution >= 0.6 is 0 Å². The van der Waals surface area contributed by atoms with E-state index in [0.717, 1.165) is 0 Å². The van der Waals surface area contributed by atoms with Gasteiger partial charge in [0.05, 0.1) is 0 Å². The second-order valence-corrected chi connectivity index (χ2v) is 8.18. The Bertz CT molecular complexity index is 691. The van der Waals surface area contributed by atoms with Gasteiger partial charge in [-0.1, -0.05) is 77.9 Å². The van der Waals surface area contributed by atoms with E-state index in [-0.39, 0.29) is 10.8 Å². The molecule has 0 nitrogen and oxygen atoms in total. The summed E-state index contributed by atoms with van der Waals surface area (Å²) in [6, 6.07) is 13.5. The van der Waals surface area contributed by atoms with Crippen molar-refractivity contribution in [1.82, 2.24) is 0 Å². The van der Waals surface area contributed by atoms with E-state index in [0.29, 0.717) is 0 Å². The fraction of sp³-hybridized carbons (Fsp3) is 0.381. The van der Waals surface area contributed by atoms with Crippen molar-refractivity contribution in [2.45, 2.75) is 52.4 Å². The van der Waals surface area contributed by atoms with E-state index in [1.807, 2.05) is 0 Å². The molecule has 2 aromatic carbocycles. The highest BCUT2D eigenvalue weighted by atomic mass is 14.3. The van der Waals surface area contributed by atoms with Crippen LogP contribution in [0.2, 0.25) is 0 Å². The number of hydrogen-bond acceptors (Lipinski definition) is 0. The lowest BCUT2D eigenvalue weighted by molar-refractivity contribution is 0.587. The van der Waals surface area contributed by atoms with Gasteiger partial charge >= 0.3 is 0 Å². The maximum Gasteiger partial charge on any atom is 0.0215 e. The molecule has 21 heavy (non-hydrogen) atoms. The topological polar surface area (TPSA) is 0 Å². The summed E-state index contributed by atoms with van der Waals surface area (Å²) in [6.07, 6.45) is 2.38. The molecule has 0 heteroatoms. The van der Waals surface area contributed by atoms with Gasteiger partial charge < -0.3 is 0 Å². The van der Waals surface area contributed by atoms with Crippen molar-refractivity contribution in [3.63, 3.8) is 0 Å². The minimum absolute atomic E-state index is 0.165. The first-order valence-electron chi connectivity index (χ1n) is 7.82. The summed E-state index contributed by atoms with van der Waals surface area (Å²) in [6.45, 7) is 13.8. The van der Waals surface area contributed by atoms with Crippen LogP contribution in [0.25, 0.3) is 11.1 Å². The third-order valence-corrected chi connectivity index (χ3v) is 4.39. The Balaban J connectivity index is 2.28. The van der Waals surface area contributed by atoms with Crippen LogP contribution in [-0.2, 0) is 10.8 Å². The first kappa shape index (κ1) is 14.4. The molecular formula is C21H25. The molecule has 0 saturated carbocycles. The van der Waals surface area contributed by atoms with Gasteiger partial charge in [-0.25, -0.2) is 0 Å². The molecule has 2 aromatic rings. The smallest absolute Gasteiger partial charge is 0.0215 e. The van der Waals surface area contributed by atoms with Gasteiger partial charge in [0.15, 0.2) is 0 Å². The molecule has 0 bridgehead atoms. The van der Waals surface area contributed by atoms with E-state index in [1.165, 1.54) is 33.4 Å². The number of fused-ring (bicyclic) bond motifs is 3. The molecule has 109 valence electrons. The average molecular weight is 277 g/mol. The summed E-state index contributed by atoms with van der Waals surface area (Å²) < 4.78 is 0. The van der Waals surface area contributed by atoms with Crippen molar-refractivity contribution in [2.75, 3.05) is 0 Å². The van der Waals surface area contributed by atoms with Crippen molar-refractivity contribution >= 4 is 0 Å². The maximum atomic E-state index is 2.38. The molecule has 3 rings (SSSR count). The molecule has 0 fully saturated rings. The Morgan fingerprint density at radius 2 is 1.24 bits per heavy atom. The van der Waals surface area contributed by atoms with Crippen LogP contribution in [0.3, 0.4) is 0 Å². The van der Waals surface area contributed by atoms with Crippen molar-refractivity contribution in [1.29, 1.82) is 0 Å². The van der Waals surface area contributed by atoms with Crippen molar-refractivity contribution in [2.24, 2.45) is 0 Å². The molecule has 0 saturated heterocycles. The zero-order valence-corrected chi connectivity index (χ0v) is 14.0. The normalized spacial score (nSPS) is 14.0. The monoisotopic (exact) mass is 277 g/mol. The van der Waals surface area contributed by atoms with Crippen molar-refractivity contribution in [3.05, 3.63) is 65.1 Å². The molecule has 1 radical (unpaired) electrons. The van der Waals surface area contributed by atoms with Gasteiger partial charge in [0.1, 0.15) is 0 Å². The van der Waals surface area contributed by atoms with Gasteiger partial charge in [0.25, 0.3) is 0 Å². The van der Waals surface area contributed by atoms with Crippen LogP contribution < -0.4 is 0 Å². The van der Waals surface area contributed by atoms with Crippen LogP contribution in [0.15, 0.2) is 36.4 Å². The van der Waals surface area contributed by atoms with Gasteiger partial charge in [-0.15, -0.1) is 0 Å². The molecule has 0 heterocycles. The van der Waals surface area contributed by atoms with Crippen molar-refractivity contribution in [3.8, 4) is 11.1 Å². The quantitative estimate of drug-likeness (QED) is 0.482. The maximum absolute atomic E-state index is 2.38. The summed E-state index contributed by atoms with van der Waals surface area (Å²) in [5.74, 6) is 0.